The standard InChI is InChI=1S/C22H23O3PSe/c1-18-16-21(17-22(23)24-18)25-26(27,14-12-19-8-4-2-5-9-19)15-13-20-10-6-3-7-11-20/h2-11,16-17H,12-15H2,1H3. The average Bonchev–Trinajstić information content (AvgIpc) is 2.66. The van der Waals surface area contributed by atoms with Crippen molar-refractivity contribution >= 4 is 20.8 Å². The molecule has 0 saturated heterocycles. The Labute approximate surface area is 167 Å². The SMILES string of the molecule is Cc1cc(OP(=[Se])(CCc2ccccc2)CCc2ccccc2)cc(=O)o1. The molecule has 5 heteroatoms. The fraction of sp³-hybridized carbons (Fsp3) is 0.227. The molecule has 2 aromatic carbocycles. The van der Waals surface area contributed by atoms with Gasteiger partial charge in [0.05, 0.1) is 0 Å². The van der Waals surface area contributed by atoms with Crippen LogP contribution in [-0.2, 0) is 12.8 Å². The van der Waals surface area contributed by atoms with Crippen molar-refractivity contribution in [3.63, 3.8) is 0 Å². The monoisotopic (exact) mass is 446 g/mol. The third-order valence-electron chi connectivity index (χ3n) is 4.31. The summed E-state index contributed by atoms with van der Waals surface area (Å²) in [5, 5.41) is 0. The minimum absolute atomic E-state index is 0.373. The van der Waals surface area contributed by atoms with E-state index in [1.165, 1.54) is 17.2 Å². The van der Waals surface area contributed by atoms with Gasteiger partial charge in [-0.2, -0.15) is 0 Å². The van der Waals surface area contributed by atoms with Crippen LogP contribution in [0.1, 0.15) is 16.9 Å². The van der Waals surface area contributed by atoms with Gasteiger partial charge in [0.1, 0.15) is 0 Å². The number of rotatable bonds is 8. The molecule has 1 heterocycles. The molecule has 1 aromatic heterocycles. The molecular formula is C22H23O3PSe. The second-order valence-electron chi connectivity index (χ2n) is 6.55. The van der Waals surface area contributed by atoms with Crippen LogP contribution in [0.25, 0.3) is 0 Å². The molecule has 0 N–H and O–H groups in total. The Kier molecular flexibility index (Phi) is 6.90. The molecule has 0 bridgehead atoms. The van der Waals surface area contributed by atoms with Gasteiger partial charge in [0.25, 0.3) is 0 Å². The molecule has 0 spiro atoms. The van der Waals surface area contributed by atoms with Gasteiger partial charge in [-0.1, -0.05) is 0 Å². The van der Waals surface area contributed by atoms with E-state index in [9.17, 15) is 4.79 Å². The molecule has 0 atom stereocenters. The van der Waals surface area contributed by atoms with Crippen molar-refractivity contribution in [3.8, 4) is 5.75 Å². The fourth-order valence-corrected chi connectivity index (χ4v) is 6.70. The summed E-state index contributed by atoms with van der Waals surface area (Å²) >= 11 is 3.37. The summed E-state index contributed by atoms with van der Waals surface area (Å²) in [6.07, 6.45) is 3.72. The van der Waals surface area contributed by atoms with E-state index in [0.717, 1.165) is 25.2 Å². The van der Waals surface area contributed by atoms with Crippen molar-refractivity contribution in [1.82, 2.24) is 0 Å². The molecule has 3 aromatic rings. The van der Waals surface area contributed by atoms with Gasteiger partial charge in [0, 0.05) is 0 Å². The van der Waals surface area contributed by atoms with Crippen LogP contribution < -0.4 is 10.1 Å². The van der Waals surface area contributed by atoms with E-state index >= 15 is 0 Å². The van der Waals surface area contributed by atoms with E-state index in [0.29, 0.717) is 11.5 Å². The third-order valence-corrected chi connectivity index (χ3v) is 9.43. The first-order valence-corrected chi connectivity index (χ1v) is 13.3. The molecule has 27 heavy (non-hydrogen) atoms. The van der Waals surface area contributed by atoms with E-state index in [2.05, 4.69) is 63.6 Å². The number of hydrogen-bond donors (Lipinski definition) is 0. The molecule has 0 saturated carbocycles. The van der Waals surface area contributed by atoms with E-state index in [4.69, 9.17) is 8.94 Å². The van der Waals surface area contributed by atoms with Crippen molar-refractivity contribution in [2.45, 2.75) is 19.8 Å². The quantitative estimate of drug-likeness (QED) is 0.369. The maximum atomic E-state index is 11.7. The Balaban J connectivity index is 1.78. The maximum absolute atomic E-state index is 11.7. The van der Waals surface area contributed by atoms with Gasteiger partial charge in [-0.05, 0) is 0 Å². The van der Waals surface area contributed by atoms with Gasteiger partial charge in [-0.3, -0.25) is 0 Å². The summed E-state index contributed by atoms with van der Waals surface area (Å²) < 4.78 is 11.5. The number of benzene rings is 2. The second-order valence-corrected chi connectivity index (χ2v) is 13.4. The predicted molar refractivity (Wildman–Crippen MR) is 113 cm³/mol. The fourth-order valence-electron chi connectivity index (χ4n) is 2.91. The molecule has 140 valence electrons. The normalized spacial score (nSPS) is 11.3. The van der Waals surface area contributed by atoms with Crippen LogP contribution in [0.15, 0.2) is 82.0 Å². The summed E-state index contributed by atoms with van der Waals surface area (Å²) in [4.78, 5) is 11.7. The number of hydrogen-bond acceptors (Lipinski definition) is 3. The van der Waals surface area contributed by atoms with Crippen molar-refractivity contribution in [3.05, 3.63) is 100 Å². The first kappa shape index (κ1) is 19.9. The Morgan fingerprint density at radius 1 is 0.889 bits per heavy atom. The predicted octanol–water partition coefficient (Wildman–Crippen LogP) is 4.83. The molecule has 0 unspecified atom stereocenters. The van der Waals surface area contributed by atoms with Crippen molar-refractivity contribution < 1.29 is 8.94 Å². The van der Waals surface area contributed by atoms with E-state index in [1.54, 1.807) is 13.0 Å². The van der Waals surface area contributed by atoms with Crippen molar-refractivity contribution in [2.24, 2.45) is 0 Å². The zero-order valence-corrected chi connectivity index (χ0v) is 17.9. The van der Waals surface area contributed by atoms with Crippen LogP contribution in [0.4, 0.5) is 0 Å². The summed E-state index contributed by atoms with van der Waals surface area (Å²) in [5.74, 6) is 1.16. The Morgan fingerprint density at radius 2 is 1.41 bits per heavy atom. The van der Waals surface area contributed by atoms with Crippen LogP contribution in [0, 0.1) is 6.92 Å². The molecule has 3 rings (SSSR count). The summed E-state index contributed by atoms with van der Waals surface area (Å²) in [5.41, 5.74) is 0.351. The van der Waals surface area contributed by atoms with Gasteiger partial charge < -0.3 is 0 Å². The zero-order valence-electron chi connectivity index (χ0n) is 15.3. The minimum atomic E-state index is -1.87. The number of aryl methyl sites for hydroxylation is 3. The van der Waals surface area contributed by atoms with Gasteiger partial charge in [-0.15, -0.1) is 0 Å². The van der Waals surface area contributed by atoms with E-state index < -0.39 is 5.74 Å². The molecule has 0 radical (unpaired) electrons. The van der Waals surface area contributed by atoms with Crippen molar-refractivity contribution in [1.29, 1.82) is 0 Å². The molecule has 3 nitrogen and oxygen atoms in total. The molecular weight excluding hydrogens is 422 g/mol. The molecule has 0 fully saturated rings. The van der Waals surface area contributed by atoms with Crippen LogP contribution in [0.2, 0.25) is 0 Å². The second kappa shape index (κ2) is 9.37. The van der Waals surface area contributed by atoms with E-state index in [-0.39, 0.29) is 5.63 Å². The first-order chi connectivity index (χ1) is 13.0. The van der Waals surface area contributed by atoms with Crippen LogP contribution in [-0.4, -0.2) is 27.4 Å². The molecule has 0 aliphatic heterocycles. The van der Waals surface area contributed by atoms with Crippen molar-refractivity contribution in [2.75, 3.05) is 12.3 Å². The Hall–Kier alpha value is -1.86. The van der Waals surface area contributed by atoms with Crippen LogP contribution >= 0.6 is 5.74 Å². The van der Waals surface area contributed by atoms with Crippen LogP contribution in [0.5, 0.6) is 5.75 Å². The van der Waals surface area contributed by atoms with Gasteiger partial charge in [0.15, 0.2) is 0 Å². The molecule has 0 aliphatic carbocycles. The van der Waals surface area contributed by atoms with E-state index in [1.807, 2.05) is 12.1 Å². The van der Waals surface area contributed by atoms with Crippen LogP contribution in [0.3, 0.4) is 0 Å². The topological polar surface area (TPSA) is 39.4 Å². The Bertz CT molecular complexity index is 920. The Morgan fingerprint density at radius 3 is 1.89 bits per heavy atom. The molecule has 0 amide bonds. The van der Waals surface area contributed by atoms with Gasteiger partial charge in [0.2, 0.25) is 0 Å². The summed E-state index contributed by atoms with van der Waals surface area (Å²) in [6.45, 7) is 1.77. The van der Waals surface area contributed by atoms with Gasteiger partial charge in [-0.25, -0.2) is 0 Å². The third kappa shape index (κ3) is 6.36. The summed E-state index contributed by atoms with van der Waals surface area (Å²) in [6, 6.07) is 24.1. The zero-order chi connectivity index (χ0) is 19.1. The average molecular weight is 445 g/mol. The van der Waals surface area contributed by atoms with Gasteiger partial charge >= 0.3 is 168 Å². The molecule has 0 aliphatic rings. The first-order valence-electron chi connectivity index (χ1n) is 9.00. The summed E-state index contributed by atoms with van der Waals surface area (Å²) in [7, 11) is 0.